The maximum absolute atomic E-state index is 15.6. The van der Waals surface area contributed by atoms with Crippen LogP contribution in [-0.2, 0) is 62.0 Å². The molecule has 73 heavy (non-hydrogen) atoms. The van der Waals surface area contributed by atoms with Gasteiger partial charge < -0.3 is 54.7 Å². The van der Waals surface area contributed by atoms with Crippen LogP contribution >= 0.6 is 24.0 Å². The molecule has 2 saturated heterocycles. The fourth-order valence-corrected chi connectivity index (χ4v) is 12.1. The number of ether oxygens (including phenoxy) is 5. The van der Waals surface area contributed by atoms with E-state index < -0.39 is 156 Å². The first-order valence-corrected chi connectivity index (χ1v) is 24.8. The second-order valence-corrected chi connectivity index (χ2v) is 21.2. The Hall–Kier alpha value is -6.11. The van der Waals surface area contributed by atoms with E-state index in [1.807, 2.05) is 0 Å². The average Bonchev–Trinajstić information content (AvgIpc) is 3.64. The lowest BCUT2D eigenvalue weighted by atomic mass is 9.44. The number of carboxylic acids is 1. The Morgan fingerprint density at radius 3 is 2.14 bits per heavy atom. The van der Waals surface area contributed by atoms with Gasteiger partial charge in [-0.15, -0.1) is 0 Å². The van der Waals surface area contributed by atoms with Crippen molar-refractivity contribution in [2.45, 2.75) is 127 Å². The summed E-state index contributed by atoms with van der Waals surface area (Å²) in [6.45, 7) is 6.98. The molecular formula is C50H57N3O18S2. The number of nitrogens with zero attached hydrogens (tertiary/aromatic N) is 1. The summed E-state index contributed by atoms with van der Waals surface area (Å²) in [5.41, 5.74) is -8.17. The molecule has 3 amide bonds. The van der Waals surface area contributed by atoms with Crippen LogP contribution in [0.5, 0.6) is 0 Å². The van der Waals surface area contributed by atoms with Crippen LogP contribution in [0, 0.1) is 16.7 Å². The summed E-state index contributed by atoms with van der Waals surface area (Å²) in [5.74, 6) is -10.5. The van der Waals surface area contributed by atoms with E-state index in [0.717, 1.165) is 30.5 Å². The first-order valence-electron chi connectivity index (χ1n) is 23.4. The highest BCUT2D eigenvalue weighted by Gasteiger charge is 2.78. The van der Waals surface area contributed by atoms with Crippen molar-refractivity contribution in [1.29, 1.82) is 0 Å². The van der Waals surface area contributed by atoms with E-state index in [2.05, 4.69) is 10.6 Å². The summed E-state index contributed by atoms with van der Waals surface area (Å²) in [7, 11) is 0. The number of esters is 4. The van der Waals surface area contributed by atoms with Gasteiger partial charge in [-0.05, 0) is 49.1 Å². The zero-order chi connectivity index (χ0) is 53.5. The van der Waals surface area contributed by atoms with Crippen molar-refractivity contribution in [3.8, 4) is 0 Å². The summed E-state index contributed by atoms with van der Waals surface area (Å²) >= 11 is 6.19. The number of hydrogen-bond donors (Lipinski definition) is 6. The fraction of sp³-hybridized carbons (Fsp3) is 0.520. The second-order valence-electron chi connectivity index (χ2n) is 19.6. The molecule has 2 heterocycles. The van der Waals surface area contributed by atoms with Crippen LogP contribution in [-0.4, -0.2) is 156 Å². The molecule has 21 nitrogen and oxygen atoms in total. The number of carbonyl (C=O) groups is 9. The molecule has 2 aromatic rings. The number of carbonyl (C=O) groups excluding carboxylic acids is 8. The molecule has 0 aromatic heterocycles. The highest BCUT2D eigenvalue weighted by molar-refractivity contribution is 8.24. The first-order chi connectivity index (χ1) is 34.3. The standard InChI is InChI=1S/C50H57N3O18S2/c1-24-30(69-45(65)38(61)37(27-13-9-7-10-14-27)52-43(63)29(17-18-35(59)60)51-33(57)21-53-34(58)22-73-46(53)72)20-50(66)42(70-44(64)28-15-11-8-12-16-28)40-48(6,31(56)19-32-49(40,23-67-32)71-26(3)55)41(62)39(68-25(2)54)36(24)47(50,4)5/h7-16,29-32,37-40,42,56,61,66H,17-23H2,1-6H3,(H,51,57)(H,52,63)(H,59,60)/t29-,30+,31+,32-,37+,38-,39-,40+,42+,48-,49+,50-/m1/s1. The molecule has 2 bridgehead atoms. The Labute approximate surface area is 428 Å². The Morgan fingerprint density at radius 2 is 1.58 bits per heavy atom. The van der Waals surface area contributed by atoms with Crippen molar-refractivity contribution in [1.82, 2.24) is 15.5 Å². The van der Waals surface area contributed by atoms with E-state index in [9.17, 15) is 58.8 Å². The van der Waals surface area contributed by atoms with E-state index >= 15 is 4.79 Å². The molecule has 6 N–H and O–H groups in total. The number of thiocarbonyl (C=S) groups is 1. The van der Waals surface area contributed by atoms with Gasteiger partial charge in [-0.1, -0.05) is 86.4 Å². The lowest BCUT2D eigenvalue weighted by Crippen LogP contribution is -2.82. The molecule has 2 saturated carbocycles. The largest absolute Gasteiger partial charge is 0.481 e. The van der Waals surface area contributed by atoms with Gasteiger partial charge in [-0.3, -0.25) is 38.5 Å². The highest BCUT2D eigenvalue weighted by Crippen LogP contribution is 2.64. The molecule has 0 spiro atoms. The Bertz CT molecular complexity index is 2620. The molecule has 392 valence electrons. The number of benzene rings is 2. The number of aliphatic hydroxyl groups is 3. The Balaban J connectivity index is 1.30. The third-order valence-electron chi connectivity index (χ3n) is 14.9. The van der Waals surface area contributed by atoms with Crippen LogP contribution in [0.2, 0.25) is 0 Å². The number of rotatable bonds is 16. The number of amides is 3. The molecule has 23 heteroatoms. The van der Waals surface area contributed by atoms with Crippen molar-refractivity contribution in [2.24, 2.45) is 16.7 Å². The van der Waals surface area contributed by atoms with E-state index in [4.69, 9.17) is 35.9 Å². The third kappa shape index (κ3) is 10.1. The number of nitrogens with one attached hydrogen (secondary N) is 2. The van der Waals surface area contributed by atoms with Gasteiger partial charge in [-0.25, -0.2) is 9.59 Å². The maximum Gasteiger partial charge on any atom is 0.338 e. The summed E-state index contributed by atoms with van der Waals surface area (Å²) in [4.78, 5) is 123. The van der Waals surface area contributed by atoms with Crippen LogP contribution in [0.15, 0.2) is 71.8 Å². The monoisotopic (exact) mass is 1050 g/mol. The topological polar surface area (TPSA) is 308 Å². The predicted molar refractivity (Wildman–Crippen MR) is 257 cm³/mol. The summed E-state index contributed by atoms with van der Waals surface area (Å²) in [6, 6.07) is 12.0. The zero-order valence-electron chi connectivity index (χ0n) is 40.7. The van der Waals surface area contributed by atoms with E-state index in [1.165, 1.54) is 64.1 Å². The van der Waals surface area contributed by atoms with Gasteiger partial charge in [0.15, 0.2) is 23.6 Å². The highest BCUT2D eigenvalue weighted by atomic mass is 32.2. The van der Waals surface area contributed by atoms with Crippen molar-refractivity contribution < 1.29 is 87.3 Å². The second kappa shape index (κ2) is 21.0. The average molecular weight is 1050 g/mol. The van der Waals surface area contributed by atoms with Gasteiger partial charge in [0, 0.05) is 38.5 Å². The quantitative estimate of drug-likeness (QED) is 0.0602. The predicted octanol–water partition coefficient (Wildman–Crippen LogP) is 1.63. The molecule has 4 fully saturated rings. The van der Waals surface area contributed by atoms with Gasteiger partial charge >= 0.3 is 29.8 Å². The smallest absolute Gasteiger partial charge is 0.338 e. The van der Waals surface area contributed by atoms with Crippen molar-refractivity contribution >= 4 is 81.7 Å². The molecular weight excluding hydrogens is 995 g/mol. The normalized spacial score (nSPS) is 30.4. The number of ketones is 1. The van der Waals surface area contributed by atoms with Crippen LogP contribution in [0.4, 0.5) is 0 Å². The van der Waals surface area contributed by atoms with Gasteiger partial charge in [0.05, 0.1) is 41.4 Å². The summed E-state index contributed by atoms with van der Waals surface area (Å²) in [6.07, 6.45) is -12.5. The molecule has 3 aliphatic carbocycles. The lowest BCUT2D eigenvalue weighted by Gasteiger charge is -2.67. The van der Waals surface area contributed by atoms with Gasteiger partial charge in [0.25, 0.3) is 0 Å². The van der Waals surface area contributed by atoms with Gasteiger partial charge in [-0.2, -0.15) is 0 Å². The SMILES string of the molecule is CC(=O)O[C@H]1C(=O)[C@@]2(C)[C@H]([C@H](OC(=O)c3ccccc3)[C@]3(O)C[C@H](OC(=O)[C@H](O)[C@@H](NC(=O)[C@@H](CCC(=O)O)NC(=O)CN4C(=O)CSC4=S)c4ccccc4)C(C)=C1C3(C)C)[C@]1(OC(C)=O)CO[C@@H]1C[C@@H]2O. The molecule has 2 aliphatic heterocycles. The molecule has 12 atom stereocenters. The maximum atomic E-state index is 15.6. The number of fused-ring (bicyclic) bond motifs is 5. The van der Waals surface area contributed by atoms with Crippen LogP contribution in [0.25, 0.3) is 0 Å². The minimum absolute atomic E-state index is 0.000230. The Morgan fingerprint density at radius 1 is 0.932 bits per heavy atom. The van der Waals surface area contributed by atoms with E-state index in [-0.39, 0.29) is 45.4 Å². The number of carboxylic acid groups (broad SMARTS) is 1. The van der Waals surface area contributed by atoms with Crippen molar-refractivity contribution in [2.75, 3.05) is 18.9 Å². The molecule has 7 rings (SSSR count). The van der Waals surface area contributed by atoms with Gasteiger partial charge in [0.1, 0.15) is 40.8 Å². The number of aliphatic hydroxyl groups excluding tert-OH is 2. The number of aliphatic carboxylic acids is 1. The minimum Gasteiger partial charge on any atom is -0.481 e. The number of Topliss-reactive ketones (excluding diaryl/α,β-unsaturated/α-hetero) is 1. The summed E-state index contributed by atoms with van der Waals surface area (Å²) < 4.78 is 30.4. The molecule has 0 radical (unpaired) electrons. The van der Waals surface area contributed by atoms with Crippen LogP contribution < -0.4 is 10.6 Å². The first kappa shape index (κ1) is 54.7. The van der Waals surface area contributed by atoms with Crippen LogP contribution in [0.3, 0.4) is 0 Å². The molecule has 2 aromatic carbocycles. The lowest BCUT2D eigenvalue weighted by molar-refractivity contribution is -0.346. The fourth-order valence-electron chi connectivity index (χ4n) is 11.1. The zero-order valence-corrected chi connectivity index (χ0v) is 42.3. The molecule has 0 unspecified atom stereocenters. The Kier molecular flexibility index (Phi) is 15.7. The third-order valence-corrected chi connectivity index (χ3v) is 16.3. The summed E-state index contributed by atoms with van der Waals surface area (Å²) in [5, 5.41) is 52.4. The van der Waals surface area contributed by atoms with E-state index in [0.29, 0.717) is 0 Å². The molecule has 5 aliphatic rings. The van der Waals surface area contributed by atoms with Crippen LogP contribution in [0.1, 0.15) is 89.2 Å². The van der Waals surface area contributed by atoms with E-state index in [1.54, 1.807) is 24.3 Å². The minimum atomic E-state index is -2.51. The van der Waals surface area contributed by atoms with Crippen molar-refractivity contribution in [3.05, 3.63) is 82.9 Å². The number of hydrogen-bond acceptors (Lipinski definition) is 19. The van der Waals surface area contributed by atoms with Gasteiger partial charge in [0.2, 0.25) is 17.7 Å². The van der Waals surface area contributed by atoms with Crippen molar-refractivity contribution in [3.63, 3.8) is 0 Å². The number of thioether (sulfide) groups is 1.